The molecule has 1 aliphatic rings. The number of carbonyl (C=O) groups is 1. The highest BCUT2D eigenvalue weighted by Crippen LogP contribution is 2.19. The number of anilines is 1. The van der Waals surface area contributed by atoms with E-state index < -0.39 is 0 Å². The van der Waals surface area contributed by atoms with Gasteiger partial charge in [-0.3, -0.25) is 4.79 Å². The Labute approximate surface area is 156 Å². The van der Waals surface area contributed by atoms with Crippen LogP contribution in [0.2, 0.25) is 0 Å². The molecule has 6 heteroatoms. The Morgan fingerprint density at radius 2 is 2.00 bits per heavy atom. The third-order valence-corrected chi connectivity index (χ3v) is 4.87. The minimum absolute atomic E-state index is 0.0540. The first-order chi connectivity index (χ1) is 11.6. The van der Waals surface area contributed by atoms with Crippen LogP contribution < -0.4 is 10.2 Å². The van der Waals surface area contributed by atoms with E-state index in [1.165, 1.54) is 0 Å². The van der Waals surface area contributed by atoms with Gasteiger partial charge in [-0.25, -0.2) is 4.98 Å². The molecule has 1 N–H and O–H groups in total. The summed E-state index contributed by atoms with van der Waals surface area (Å²) >= 11 is 2.21. The Morgan fingerprint density at radius 1 is 1.21 bits per heavy atom. The SMILES string of the molecule is CN1CCN(c2ncccc2CNC(=O)c2cccc(I)c2)CC1. The molecule has 1 aromatic heterocycles. The van der Waals surface area contributed by atoms with Crippen LogP contribution in [0.15, 0.2) is 42.6 Å². The van der Waals surface area contributed by atoms with Crippen molar-refractivity contribution in [1.29, 1.82) is 0 Å². The number of hydrogen-bond donors (Lipinski definition) is 1. The second-order valence-corrected chi connectivity index (χ2v) is 7.22. The fraction of sp³-hybridized carbons (Fsp3) is 0.333. The number of nitrogens with one attached hydrogen (secondary N) is 1. The summed E-state index contributed by atoms with van der Waals surface area (Å²) in [4.78, 5) is 21.5. The number of likely N-dealkylation sites (N-methyl/N-ethyl adjacent to an activating group) is 1. The number of carbonyl (C=O) groups excluding carboxylic acids is 1. The molecule has 2 heterocycles. The van der Waals surface area contributed by atoms with E-state index in [0.717, 1.165) is 41.1 Å². The predicted molar refractivity (Wildman–Crippen MR) is 104 cm³/mol. The van der Waals surface area contributed by atoms with Crippen molar-refractivity contribution >= 4 is 34.3 Å². The summed E-state index contributed by atoms with van der Waals surface area (Å²) in [6.45, 7) is 4.48. The van der Waals surface area contributed by atoms with Gasteiger partial charge >= 0.3 is 0 Å². The second-order valence-electron chi connectivity index (χ2n) is 5.97. The van der Waals surface area contributed by atoms with E-state index in [1.54, 1.807) is 0 Å². The Hall–Kier alpha value is -1.67. The van der Waals surface area contributed by atoms with Crippen molar-refractivity contribution in [3.8, 4) is 0 Å². The smallest absolute Gasteiger partial charge is 0.251 e. The maximum Gasteiger partial charge on any atom is 0.251 e. The average molecular weight is 436 g/mol. The van der Waals surface area contributed by atoms with Crippen LogP contribution in [0, 0.1) is 3.57 Å². The summed E-state index contributed by atoms with van der Waals surface area (Å²) in [6.07, 6.45) is 1.82. The van der Waals surface area contributed by atoms with E-state index in [9.17, 15) is 4.79 Å². The van der Waals surface area contributed by atoms with Gasteiger partial charge in [-0.1, -0.05) is 12.1 Å². The second kappa shape index (κ2) is 7.94. The fourth-order valence-electron chi connectivity index (χ4n) is 2.78. The zero-order valence-corrected chi connectivity index (χ0v) is 15.9. The summed E-state index contributed by atoms with van der Waals surface area (Å²) in [5.74, 6) is 0.926. The van der Waals surface area contributed by atoms with Crippen molar-refractivity contribution in [2.45, 2.75) is 6.54 Å². The molecule has 0 radical (unpaired) electrons. The zero-order chi connectivity index (χ0) is 16.9. The van der Waals surface area contributed by atoms with Gasteiger partial charge in [0.25, 0.3) is 5.91 Å². The average Bonchev–Trinajstić information content (AvgIpc) is 2.61. The summed E-state index contributed by atoms with van der Waals surface area (Å²) < 4.78 is 1.06. The monoisotopic (exact) mass is 436 g/mol. The number of halogens is 1. The number of rotatable bonds is 4. The van der Waals surface area contributed by atoms with Gasteiger partial charge in [0.15, 0.2) is 0 Å². The Bertz CT molecular complexity index is 714. The molecule has 0 saturated carbocycles. The molecule has 0 unspecified atom stereocenters. The van der Waals surface area contributed by atoms with Gasteiger partial charge in [0.05, 0.1) is 0 Å². The number of aromatic nitrogens is 1. The summed E-state index contributed by atoms with van der Waals surface area (Å²) in [7, 11) is 2.14. The Morgan fingerprint density at radius 3 is 2.75 bits per heavy atom. The van der Waals surface area contributed by atoms with Crippen LogP contribution in [0.3, 0.4) is 0 Å². The highest BCUT2D eigenvalue weighted by Gasteiger charge is 2.18. The first-order valence-electron chi connectivity index (χ1n) is 8.04. The summed E-state index contributed by atoms with van der Waals surface area (Å²) in [6, 6.07) is 11.6. The maximum atomic E-state index is 12.3. The lowest BCUT2D eigenvalue weighted by Crippen LogP contribution is -2.45. The lowest BCUT2D eigenvalue weighted by molar-refractivity contribution is 0.0951. The van der Waals surface area contributed by atoms with Crippen LogP contribution in [0.25, 0.3) is 0 Å². The van der Waals surface area contributed by atoms with E-state index in [4.69, 9.17) is 0 Å². The van der Waals surface area contributed by atoms with Crippen molar-refractivity contribution < 1.29 is 4.79 Å². The van der Waals surface area contributed by atoms with Crippen molar-refractivity contribution in [2.75, 3.05) is 38.1 Å². The van der Waals surface area contributed by atoms with E-state index in [2.05, 4.69) is 49.7 Å². The third-order valence-electron chi connectivity index (χ3n) is 4.20. The van der Waals surface area contributed by atoms with Crippen molar-refractivity contribution in [3.05, 3.63) is 57.3 Å². The lowest BCUT2D eigenvalue weighted by Gasteiger charge is -2.34. The predicted octanol–water partition coefficient (Wildman–Crippen LogP) is 2.37. The molecule has 0 atom stereocenters. The Kier molecular flexibility index (Phi) is 5.68. The summed E-state index contributed by atoms with van der Waals surface area (Å²) in [5, 5.41) is 3.01. The number of benzene rings is 1. The highest BCUT2D eigenvalue weighted by atomic mass is 127. The van der Waals surface area contributed by atoms with Crippen LogP contribution in [-0.2, 0) is 6.54 Å². The molecule has 1 saturated heterocycles. The van der Waals surface area contributed by atoms with Crippen molar-refractivity contribution in [1.82, 2.24) is 15.2 Å². The van der Waals surface area contributed by atoms with E-state index >= 15 is 0 Å². The quantitative estimate of drug-likeness (QED) is 0.748. The molecule has 1 aliphatic heterocycles. The molecule has 0 bridgehead atoms. The normalized spacial score (nSPS) is 15.3. The summed E-state index contributed by atoms with van der Waals surface area (Å²) in [5.41, 5.74) is 1.74. The van der Waals surface area contributed by atoms with Crippen LogP contribution in [0.4, 0.5) is 5.82 Å². The number of pyridine rings is 1. The molecule has 0 aliphatic carbocycles. The van der Waals surface area contributed by atoms with Crippen molar-refractivity contribution in [2.24, 2.45) is 0 Å². The fourth-order valence-corrected chi connectivity index (χ4v) is 3.32. The third kappa shape index (κ3) is 4.24. The van der Waals surface area contributed by atoms with Crippen LogP contribution >= 0.6 is 22.6 Å². The lowest BCUT2D eigenvalue weighted by atomic mass is 10.2. The molecule has 24 heavy (non-hydrogen) atoms. The topological polar surface area (TPSA) is 48.5 Å². The minimum Gasteiger partial charge on any atom is -0.354 e. The van der Waals surface area contributed by atoms with Gasteiger partial charge in [0.1, 0.15) is 5.82 Å². The maximum absolute atomic E-state index is 12.3. The molecule has 1 aromatic carbocycles. The van der Waals surface area contributed by atoms with Gasteiger partial charge < -0.3 is 15.1 Å². The number of amides is 1. The van der Waals surface area contributed by atoms with Crippen molar-refractivity contribution in [3.63, 3.8) is 0 Å². The molecular formula is C18H21IN4O. The molecular weight excluding hydrogens is 415 g/mol. The van der Waals surface area contributed by atoms with E-state index in [1.807, 2.05) is 42.6 Å². The molecule has 1 fully saturated rings. The van der Waals surface area contributed by atoms with Gasteiger partial charge in [-0.15, -0.1) is 0 Å². The number of hydrogen-bond acceptors (Lipinski definition) is 4. The molecule has 3 rings (SSSR count). The van der Waals surface area contributed by atoms with Crippen LogP contribution in [0.5, 0.6) is 0 Å². The largest absolute Gasteiger partial charge is 0.354 e. The first kappa shape index (κ1) is 17.2. The molecule has 1 amide bonds. The Balaban J connectivity index is 1.68. The van der Waals surface area contributed by atoms with Crippen LogP contribution in [0.1, 0.15) is 15.9 Å². The first-order valence-corrected chi connectivity index (χ1v) is 9.12. The zero-order valence-electron chi connectivity index (χ0n) is 13.7. The standard InChI is InChI=1S/C18H21IN4O/c1-22-8-10-23(11-9-22)17-15(5-3-7-20-17)13-21-18(24)14-4-2-6-16(19)12-14/h2-7,12H,8-11,13H2,1H3,(H,21,24). The van der Waals surface area contributed by atoms with E-state index in [-0.39, 0.29) is 5.91 Å². The van der Waals surface area contributed by atoms with Gasteiger partial charge in [-0.05, 0) is 53.9 Å². The molecule has 5 nitrogen and oxygen atoms in total. The number of nitrogens with zero attached hydrogens (tertiary/aromatic N) is 3. The molecule has 2 aromatic rings. The molecule has 126 valence electrons. The molecule has 0 spiro atoms. The number of piperazine rings is 1. The highest BCUT2D eigenvalue weighted by molar-refractivity contribution is 14.1. The minimum atomic E-state index is -0.0540. The van der Waals surface area contributed by atoms with Crippen LogP contribution in [-0.4, -0.2) is 49.0 Å². The van der Waals surface area contributed by atoms with Gasteiger partial charge in [0, 0.05) is 53.6 Å². The van der Waals surface area contributed by atoms with Gasteiger partial charge in [0.2, 0.25) is 0 Å². The van der Waals surface area contributed by atoms with Gasteiger partial charge in [-0.2, -0.15) is 0 Å². The van der Waals surface area contributed by atoms with E-state index in [0.29, 0.717) is 12.1 Å².